The second-order valence-corrected chi connectivity index (χ2v) is 10.7. The third-order valence-electron chi connectivity index (χ3n) is 7.04. The third-order valence-corrected chi connectivity index (χ3v) is 7.04. The summed E-state index contributed by atoms with van der Waals surface area (Å²) in [5, 5.41) is 69.2. The molecule has 12 nitrogen and oxygen atoms in total. The summed E-state index contributed by atoms with van der Waals surface area (Å²) in [4.78, 5) is 0. The Morgan fingerprint density at radius 3 is 2.44 bits per heavy atom. The Kier molecular flexibility index (Phi) is 11.1. The van der Waals surface area contributed by atoms with E-state index in [2.05, 4.69) is 15.5 Å². The number of H-pyrrole nitrogens is 1. The number of nitrogens with one attached hydrogen (secondary N) is 2. The van der Waals surface area contributed by atoms with Crippen LogP contribution >= 0.6 is 0 Å². The Labute approximate surface area is 228 Å². The number of nitrogens with zero attached hydrogens (tertiary/aromatic N) is 1. The molecule has 1 aromatic carbocycles. The quantitative estimate of drug-likeness (QED) is 0.144. The number of aromatic amines is 1. The fourth-order valence-corrected chi connectivity index (χ4v) is 4.34. The topological polar surface area (TPSA) is 190 Å². The molecule has 0 radical (unpaired) electrons. The van der Waals surface area contributed by atoms with E-state index in [1.165, 1.54) is 0 Å². The summed E-state index contributed by atoms with van der Waals surface area (Å²) >= 11 is 0. The van der Waals surface area contributed by atoms with Gasteiger partial charge in [0.1, 0.15) is 30.2 Å². The fourth-order valence-electron chi connectivity index (χ4n) is 4.34. The van der Waals surface area contributed by atoms with Gasteiger partial charge in [0.25, 0.3) is 0 Å². The molecule has 0 bridgehead atoms. The highest BCUT2D eigenvalue weighted by atomic mass is 16.7. The van der Waals surface area contributed by atoms with Crippen molar-refractivity contribution in [3.8, 4) is 11.6 Å². The number of hydrogen-bond donors (Lipinski definition) is 8. The second-order valence-electron chi connectivity index (χ2n) is 10.7. The molecular formula is C27H43N3O9. The van der Waals surface area contributed by atoms with Crippen LogP contribution in [0.25, 0.3) is 0 Å². The number of aryl methyl sites for hydroxylation is 1. The Balaban J connectivity index is 1.68. The summed E-state index contributed by atoms with van der Waals surface area (Å²) in [6.45, 7) is 7.94. The molecule has 0 aliphatic carbocycles. The van der Waals surface area contributed by atoms with Crippen molar-refractivity contribution in [2.45, 2.75) is 82.7 Å². The molecule has 39 heavy (non-hydrogen) atoms. The molecule has 0 unspecified atom stereocenters. The number of aliphatic hydroxyl groups excluding tert-OH is 6. The van der Waals surface area contributed by atoms with Gasteiger partial charge in [0.05, 0.1) is 32.0 Å². The van der Waals surface area contributed by atoms with Gasteiger partial charge in [-0.3, -0.25) is 5.10 Å². The average molecular weight is 554 g/mol. The van der Waals surface area contributed by atoms with Crippen LogP contribution in [0.1, 0.15) is 55.5 Å². The van der Waals surface area contributed by atoms with Crippen LogP contribution in [0, 0.1) is 6.92 Å². The van der Waals surface area contributed by atoms with Crippen LogP contribution in [0.5, 0.6) is 11.6 Å². The number of aromatic nitrogens is 2. The summed E-state index contributed by atoms with van der Waals surface area (Å²) < 4.78 is 17.3. The molecule has 12 heteroatoms. The van der Waals surface area contributed by atoms with Crippen LogP contribution in [0.15, 0.2) is 18.2 Å². The van der Waals surface area contributed by atoms with E-state index in [0.717, 1.165) is 28.1 Å². The fraction of sp³-hybridized carbons (Fsp3) is 0.667. The van der Waals surface area contributed by atoms with Crippen molar-refractivity contribution in [3.05, 3.63) is 40.6 Å². The van der Waals surface area contributed by atoms with Crippen molar-refractivity contribution in [2.24, 2.45) is 0 Å². The van der Waals surface area contributed by atoms with Crippen LogP contribution in [-0.4, -0.2) is 110 Å². The van der Waals surface area contributed by atoms with Gasteiger partial charge < -0.3 is 50.2 Å². The predicted molar refractivity (Wildman–Crippen MR) is 142 cm³/mol. The smallest absolute Gasteiger partial charge is 0.238 e. The Bertz CT molecular complexity index is 1040. The largest absolute Gasteiger partial charge is 0.494 e. The predicted octanol–water partition coefficient (Wildman–Crippen LogP) is -0.287. The normalized spacial score (nSPS) is 23.8. The van der Waals surface area contributed by atoms with Crippen LogP contribution in [0.4, 0.5) is 0 Å². The lowest BCUT2D eigenvalue weighted by Gasteiger charge is -2.39. The van der Waals surface area contributed by atoms with Gasteiger partial charge in [0.15, 0.2) is 0 Å². The van der Waals surface area contributed by atoms with E-state index in [-0.39, 0.29) is 25.0 Å². The highest BCUT2D eigenvalue weighted by Crippen LogP contribution is 2.32. The van der Waals surface area contributed by atoms with Crippen molar-refractivity contribution >= 4 is 0 Å². The minimum absolute atomic E-state index is 0.0923. The molecule has 8 N–H and O–H groups in total. The number of benzene rings is 1. The van der Waals surface area contributed by atoms with Crippen molar-refractivity contribution in [3.63, 3.8) is 0 Å². The van der Waals surface area contributed by atoms with Gasteiger partial charge in [-0.15, -0.1) is 5.10 Å². The molecule has 1 aliphatic rings. The third kappa shape index (κ3) is 7.68. The van der Waals surface area contributed by atoms with Gasteiger partial charge in [0, 0.05) is 17.7 Å². The van der Waals surface area contributed by atoms with E-state index in [1.807, 2.05) is 39.0 Å². The van der Waals surface area contributed by atoms with Crippen molar-refractivity contribution in [2.75, 3.05) is 33.0 Å². The van der Waals surface area contributed by atoms with Crippen LogP contribution in [0.2, 0.25) is 0 Å². The number of aliphatic hydroxyl groups is 6. The first-order valence-corrected chi connectivity index (χ1v) is 13.3. The highest BCUT2D eigenvalue weighted by Gasteiger charge is 2.45. The molecule has 220 valence electrons. The van der Waals surface area contributed by atoms with Crippen LogP contribution < -0.4 is 14.8 Å². The molecule has 2 aromatic rings. The summed E-state index contributed by atoms with van der Waals surface area (Å²) in [5.41, 5.74) is 2.90. The summed E-state index contributed by atoms with van der Waals surface area (Å²) in [6.07, 6.45) is -5.82. The van der Waals surface area contributed by atoms with Gasteiger partial charge in [-0.25, -0.2) is 0 Å². The molecular weight excluding hydrogens is 510 g/mol. The van der Waals surface area contributed by atoms with Crippen LogP contribution in [0.3, 0.4) is 0 Å². The van der Waals surface area contributed by atoms with Gasteiger partial charge in [-0.2, -0.15) is 0 Å². The maximum atomic E-state index is 10.4. The van der Waals surface area contributed by atoms with E-state index < -0.39 is 42.9 Å². The van der Waals surface area contributed by atoms with E-state index in [1.54, 1.807) is 6.92 Å². The minimum atomic E-state index is -1.55. The maximum absolute atomic E-state index is 10.4. The van der Waals surface area contributed by atoms with E-state index in [0.29, 0.717) is 26.0 Å². The highest BCUT2D eigenvalue weighted by molar-refractivity contribution is 5.42. The van der Waals surface area contributed by atoms with E-state index >= 15 is 0 Å². The Hall–Kier alpha value is -2.29. The SMILES string of the molecule is Cc1cc(OCCCNC(C)(CO)CO)ccc1Cc1c(O[C@@H]2O[C@H](CO)[C@@H](O)[C@H](O)[C@H]2O)n[nH]c1C(C)C. The molecule has 2 heterocycles. The minimum Gasteiger partial charge on any atom is -0.494 e. The molecule has 1 saturated heterocycles. The summed E-state index contributed by atoms with van der Waals surface area (Å²) in [7, 11) is 0. The number of rotatable bonds is 14. The average Bonchev–Trinajstić information content (AvgIpc) is 3.32. The first-order chi connectivity index (χ1) is 18.5. The first kappa shape index (κ1) is 31.2. The lowest BCUT2D eigenvalue weighted by atomic mass is 9.96. The standard InChI is InChI=1S/C27H43N3O9/c1-15(2)21-19(25(30-29-21)39-26-24(36)23(35)22(34)20(12-31)38-26)11-17-6-7-18(10-16(17)3)37-9-5-8-28-27(4,13-32)14-33/h6-7,10,15,20,22-24,26,28,31-36H,5,8-9,11-14H2,1-4H3,(H,29,30)/t20-,22-,23+,24-,26+/m1/s1. The zero-order chi connectivity index (χ0) is 28.7. The molecule has 0 spiro atoms. The molecule has 1 aromatic heterocycles. The van der Waals surface area contributed by atoms with Crippen molar-refractivity contribution in [1.29, 1.82) is 0 Å². The lowest BCUT2D eigenvalue weighted by Crippen LogP contribution is -2.60. The number of hydrogen-bond acceptors (Lipinski definition) is 11. The zero-order valence-electron chi connectivity index (χ0n) is 23.0. The summed E-state index contributed by atoms with van der Waals surface area (Å²) in [6, 6.07) is 5.79. The van der Waals surface area contributed by atoms with E-state index in [9.17, 15) is 30.6 Å². The van der Waals surface area contributed by atoms with E-state index in [4.69, 9.17) is 14.2 Å². The summed E-state index contributed by atoms with van der Waals surface area (Å²) in [5.74, 6) is 1.01. The molecule has 5 atom stereocenters. The molecule has 3 rings (SSSR count). The van der Waals surface area contributed by atoms with Gasteiger partial charge in [-0.1, -0.05) is 19.9 Å². The zero-order valence-corrected chi connectivity index (χ0v) is 23.0. The Morgan fingerprint density at radius 2 is 1.82 bits per heavy atom. The molecule has 1 aliphatic heterocycles. The monoisotopic (exact) mass is 553 g/mol. The van der Waals surface area contributed by atoms with Gasteiger partial charge in [-0.05, 0) is 56.0 Å². The Morgan fingerprint density at radius 1 is 1.10 bits per heavy atom. The number of ether oxygens (including phenoxy) is 3. The maximum Gasteiger partial charge on any atom is 0.238 e. The van der Waals surface area contributed by atoms with Crippen LogP contribution in [-0.2, 0) is 11.2 Å². The van der Waals surface area contributed by atoms with Crippen molar-refractivity contribution in [1.82, 2.24) is 15.5 Å². The lowest BCUT2D eigenvalue weighted by molar-refractivity contribution is -0.278. The molecule has 0 saturated carbocycles. The molecule has 1 fully saturated rings. The first-order valence-electron chi connectivity index (χ1n) is 13.3. The van der Waals surface area contributed by atoms with Gasteiger partial charge >= 0.3 is 0 Å². The van der Waals surface area contributed by atoms with Crippen molar-refractivity contribution < 1.29 is 44.8 Å². The molecule has 0 amide bonds. The van der Waals surface area contributed by atoms with Gasteiger partial charge in [0.2, 0.25) is 12.2 Å². The second kappa shape index (κ2) is 13.9.